The van der Waals surface area contributed by atoms with Gasteiger partial charge in [0.1, 0.15) is 0 Å². The van der Waals surface area contributed by atoms with Crippen molar-refractivity contribution in [2.24, 2.45) is 0 Å². The zero-order valence-corrected chi connectivity index (χ0v) is 14.6. The maximum Gasteiger partial charge on any atom is 0.274 e. The van der Waals surface area contributed by atoms with Gasteiger partial charge in [0.05, 0.1) is 6.61 Å². The number of hydrogen-bond donors (Lipinski definition) is 0. The predicted octanol–water partition coefficient (Wildman–Crippen LogP) is 1.93. The van der Waals surface area contributed by atoms with Crippen molar-refractivity contribution in [1.82, 2.24) is 19.6 Å². The van der Waals surface area contributed by atoms with Crippen LogP contribution >= 0.6 is 0 Å². The summed E-state index contributed by atoms with van der Waals surface area (Å²) in [5.41, 5.74) is 3.11. The number of ether oxygens (including phenoxy) is 1. The molecular weight excluding hydrogens is 316 g/mol. The van der Waals surface area contributed by atoms with Crippen molar-refractivity contribution in [1.29, 1.82) is 0 Å². The molecule has 0 spiro atoms. The highest BCUT2D eigenvalue weighted by Crippen LogP contribution is 2.20. The number of hydrogen-bond acceptors (Lipinski definition) is 4. The average Bonchev–Trinajstić information content (AvgIpc) is 3.08. The molecule has 25 heavy (non-hydrogen) atoms. The standard InChI is InChI=1S/C19H24N4O2/c1-15-3-5-16(6-4-15)14-21-8-10-22(11-9-21)19(24)17-13-18-23(20-17)7-2-12-25-18/h3-6,13H,2,7-12,14H2,1H3. The van der Waals surface area contributed by atoms with Gasteiger partial charge in [-0.25, -0.2) is 4.68 Å². The van der Waals surface area contributed by atoms with Crippen molar-refractivity contribution in [3.63, 3.8) is 0 Å². The number of rotatable bonds is 3. The van der Waals surface area contributed by atoms with Gasteiger partial charge in [-0.15, -0.1) is 0 Å². The molecule has 0 bridgehead atoms. The molecule has 1 fully saturated rings. The van der Waals surface area contributed by atoms with Gasteiger partial charge < -0.3 is 9.64 Å². The number of aromatic nitrogens is 2. The molecule has 0 atom stereocenters. The first-order chi connectivity index (χ1) is 12.2. The number of carbonyl (C=O) groups is 1. The highest BCUT2D eigenvalue weighted by Gasteiger charge is 2.25. The lowest BCUT2D eigenvalue weighted by Gasteiger charge is -2.34. The Hall–Kier alpha value is -2.34. The second kappa shape index (κ2) is 6.88. The maximum absolute atomic E-state index is 12.7. The second-order valence-electron chi connectivity index (χ2n) is 6.85. The molecule has 1 amide bonds. The lowest BCUT2D eigenvalue weighted by Crippen LogP contribution is -2.48. The van der Waals surface area contributed by atoms with E-state index in [1.54, 1.807) is 10.7 Å². The Balaban J connectivity index is 1.34. The van der Waals surface area contributed by atoms with Crippen molar-refractivity contribution in [2.45, 2.75) is 26.4 Å². The summed E-state index contributed by atoms with van der Waals surface area (Å²) in [4.78, 5) is 17.0. The van der Waals surface area contributed by atoms with Crippen molar-refractivity contribution in [3.05, 3.63) is 47.2 Å². The quantitative estimate of drug-likeness (QED) is 0.857. The molecule has 6 nitrogen and oxygen atoms in total. The second-order valence-corrected chi connectivity index (χ2v) is 6.85. The number of piperazine rings is 1. The summed E-state index contributed by atoms with van der Waals surface area (Å²) in [7, 11) is 0. The third-order valence-corrected chi connectivity index (χ3v) is 4.91. The Morgan fingerprint density at radius 2 is 1.88 bits per heavy atom. The monoisotopic (exact) mass is 340 g/mol. The molecule has 2 aliphatic rings. The smallest absolute Gasteiger partial charge is 0.274 e. The van der Waals surface area contributed by atoms with Crippen LogP contribution in [0.25, 0.3) is 0 Å². The van der Waals surface area contributed by atoms with Crippen LogP contribution in [0.5, 0.6) is 5.88 Å². The fraction of sp³-hybridized carbons (Fsp3) is 0.474. The van der Waals surface area contributed by atoms with Gasteiger partial charge in [0.25, 0.3) is 5.91 Å². The maximum atomic E-state index is 12.7. The molecule has 0 N–H and O–H groups in total. The zero-order chi connectivity index (χ0) is 17.2. The molecule has 2 aliphatic heterocycles. The SMILES string of the molecule is Cc1ccc(CN2CCN(C(=O)c3cc4n(n3)CCCO4)CC2)cc1. The van der Waals surface area contributed by atoms with E-state index in [4.69, 9.17) is 4.74 Å². The van der Waals surface area contributed by atoms with E-state index < -0.39 is 0 Å². The van der Waals surface area contributed by atoms with E-state index in [0.717, 1.165) is 45.7 Å². The van der Waals surface area contributed by atoms with Gasteiger partial charge in [-0.05, 0) is 12.5 Å². The summed E-state index contributed by atoms with van der Waals surface area (Å²) in [5, 5.41) is 4.41. The molecule has 4 rings (SSSR count). The Morgan fingerprint density at radius 1 is 1.12 bits per heavy atom. The number of amides is 1. The van der Waals surface area contributed by atoms with Gasteiger partial charge in [-0.2, -0.15) is 5.10 Å². The molecule has 0 unspecified atom stereocenters. The topological polar surface area (TPSA) is 50.6 Å². The summed E-state index contributed by atoms with van der Waals surface area (Å²) in [5.74, 6) is 0.730. The predicted molar refractivity (Wildman–Crippen MR) is 94.7 cm³/mol. The average molecular weight is 340 g/mol. The third-order valence-electron chi connectivity index (χ3n) is 4.91. The Kier molecular flexibility index (Phi) is 4.44. The van der Waals surface area contributed by atoms with Crippen LogP contribution in [0.1, 0.15) is 28.0 Å². The van der Waals surface area contributed by atoms with Gasteiger partial charge in [-0.3, -0.25) is 9.69 Å². The summed E-state index contributed by atoms with van der Waals surface area (Å²) in [6.07, 6.45) is 0.944. The lowest BCUT2D eigenvalue weighted by molar-refractivity contribution is 0.0621. The lowest BCUT2D eigenvalue weighted by atomic mass is 10.1. The van der Waals surface area contributed by atoms with Gasteiger partial charge >= 0.3 is 0 Å². The van der Waals surface area contributed by atoms with Gasteiger partial charge in [-0.1, -0.05) is 29.8 Å². The van der Waals surface area contributed by atoms with Crippen molar-refractivity contribution < 1.29 is 9.53 Å². The van der Waals surface area contributed by atoms with E-state index in [-0.39, 0.29) is 5.91 Å². The molecule has 2 aromatic rings. The summed E-state index contributed by atoms with van der Waals surface area (Å²) in [6.45, 7) is 7.85. The van der Waals surface area contributed by atoms with E-state index >= 15 is 0 Å². The molecular formula is C19H24N4O2. The van der Waals surface area contributed by atoms with Crippen LogP contribution in [-0.2, 0) is 13.1 Å². The van der Waals surface area contributed by atoms with Crippen LogP contribution in [0.4, 0.5) is 0 Å². The molecule has 0 saturated carbocycles. The molecule has 1 aromatic carbocycles. The minimum atomic E-state index is 0.0143. The van der Waals surface area contributed by atoms with Crippen molar-refractivity contribution in [2.75, 3.05) is 32.8 Å². The number of benzene rings is 1. The largest absolute Gasteiger partial charge is 0.478 e. The summed E-state index contributed by atoms with van der Waals surface area (Å²) < 4.78 is 7.35. The van der Waals surface area contributed by atoms with E-state index in [2.05, 4.69) is 41.2 Å². The third kappa shape index (κ3) is 3.54. The Bertz CT molecular complexity index is 722. The normalized spacial score (nSPS) is 17.9. The molecule has 0 radical (unpaired) electrons. The minimum absolute atomic E-state index is 0.0143. The van der Waals surface area contributed by atoms with E-state index in [1.165, 1.54) is 11.1 Å². The minimum Gasteiger partial charge on any atom is -0.478 e. The number of fused-ring (bicyclic) bond motifs is 1. The first-order valence-electron chi connectivity index (χ1n) is 8.97. The first kappa shape index (κ1) is 16.1. The fourth-order valence-electron chi connectivity index (χ4n) is 3.39. The van der Waals surface area contributed by atoms with Crippen LogP contribution in [0.3, 0.4) is 0 Å². The zero-order valence-electron chi connectivity index (χ0n) is 14.6. The molecule has 3 heterocycles. The molecule has 132 valence electrons. The van der Waals surface area contributed by atoms with Crippen LogP contribution in [-0.4, -0.2) is 58.3 Å². The molecule has 0 aliphatic carbocycles. The van der Waals surface area contributed by atoms with Crippen molar-refractivity contribution in [3.8, 4) is 5.88 Å². The molecule has 6 heteroatoms. The summed E-state index contributed by atoms with van der Waals surface area (Å²) >= 11 is 0. The van der Waals surface area contributed by atoms with E-state index in [9.17, 15) is 4.79 Å². The van der Waals surface area contributed by atoms with Crippen LogP contribution < -0.4 is 4.74 Å². The fourth-order valence-corrected chi connectivity index (χ4v) is 3.39. The molecule has 1 saturated heterocycles. The van der Waals surface area contributed by atoms with Crippen LogP contribution in [0, 0.1) is 6.92 Å². The molecule has 1 aromatic heterocycles. The van der Waals surface area contributed by atoms with E-state index in [1.807, 2.05) is 4.90 Å². The Morgan fingerprint density at radius 3 is 2.60 bits per heavy atom. The summed E-state index contributed by atoms with van der Waals surface area (Å²) in [6, 6.07) is 10.4. The van der Waals surface area contributed by atoms with Gasteiger partial charge in [0.2, 0.25) is 5.88 Å². The van der Waals surface area contributed by atoms with E-state index in [0.29, 0.717) is 18.2 Å². The Labute approximate surface area is 148 Å². The van der Waals surface area contributed by atoms with Crippen molar-refractivity contribution >= 4 is 5.91 Å². The highest BCUT2D eigenvalue weighted by molar-refractivity contribution is 5.92. The van der Waals surface area contributed by atoms with Gasteiger partial charge in [0, 0.05) is 51.8 Å². The van der Waals surface area contributed by atoms with Gasteiger partial charge in [0.15, 0.2) is 5.69 Å². The number of carbonyl (C=O) groups excluding carboxylic acids is 1. The van der Waals surface area contributed by atoms with Crippen LogP contribution in [0.2, 0.25) is 0 Å². The highest BCUT2D eigenvalue weighted by atomic mass is 16.5. The first-order valence-corrected chi connectivity index (χ1v) is 8.97. The van der Waals surface area contributed by atoms with Crippen LogP contribution in [0.15, 0.2) is 30.3 Å². The number of nitrogens with zero attached hydrogens (tertiary/aromatic N) is 4. The number of aryl methyl sites for hydroxylation is 2.